The predicted molar refractivity (Wildman–Crippen MR) is 472 cm³/mol. The Labute approximate surface area is 783 Å². The molecular weight excluding hydrogens is 1810 g/mol. The number of nitrogen functional groups attached to an aromatic ring is 1. The van der Waals surface area contributed by atoms with E-state index >= 15 is 14.4 Å². The SMILES string of the molecule is CCCCCCCCCC(=O)N[C@@H](Cc1c[nH]c2ccccc12)C(=O)N[C@H](CC(N)=O)C(=O)N[C@@H](CC(=O)O)C(=O)N[C@@H]1C(=O)NCC(=O)N[C@@H](CCCNC(=O)O[C@@H]2/C=C/CC[C@](C)(C(=O)ON3C(=O)CCC3=O)CC2)C(=O)N[C@@H](CC(=O)O)C(=O)N[C@H](C)C(=O)N[C@@H](CC(=O)O)C(=O)NCC(=O)N[C@H](CO)C(=O)N[C@@H](C(C)CC(=O)O)C(=O)N[C@@H](CC(=O)c2ccccc2N)C(=O)O[C@@H]1C. The molecule has 2 saturated heterocycles. The molecule has 2 aliphatic heterocycles. The number of benzene rings is 2. The Hall–Kier alpha value is -15.0. The number of hydroxylamine groups is 2. The van der Waals surface area contributed by atoms with Crippen molar-refractivity contribution in [2.75, 3.05) is 32.0 Å². The van der Waals surface area contributed by atoms with Crippen LogP contribution in [0.25, 0.3) is 10.9 Å². The zero-order valence-electron chi connectivity index (χ0n) is 75.9. The number of nitrogens with two attached hydrogens (primary N) is 2. The van der Waals surface area contributed by atoms with Crippen LogP contribution in [0, 0.1) is 11.3 Å². The van der Waals surface area contributed by atoms with Crippen LogP contribution in [0.1, 0.15) is 192 Å². The number of para-hydroxylation sites is 2. The number of aliphatic hydroxyl groups excluding tert-OH is 1. The first-order valence-electron chi connectivity index (χ1n) is 44.3. The van der Waals surface area contributed by atoms with Crippen LogP contribution in [0.5, 0.6) is 0 Å². The summed E-state index contributed by atoms with van der Waals surface area (Å²) >= 11 is 0. The van der Waals surface area contributed by atoms with Gasteiger partial charge in [0.25, 0.3) is 11.8 Å². The van der Waals surface area contributed by atoms with Crippen LogP contribution in [0.15, 0.2) is 66.9 Å². The summed E-state index contributed by atoms with van der Waals surface area (Å²) in [6, 6.07) is -11.6. The average Bonchev–Trinajstić information content (AvgIpc) is 1.68. The number of unbranched alkanes of at least 4 members (excludes halogenated alkanes) is 6. The number of imide groups is 1. The highest BCUT2D eigenvalue weighted by atomic mass is 16.7. The van der Waals surface area contributed by atoms with Crippen LogP contribution in [0.3, 0.4) is 0 Å². The van der Waals surface area contributed by atoms with Crippen LogP contribution < -0.4 is 85.9 Å². The van der Waals surface area contributed by atoms with Crippen molar-refractivity contribution in [2.45, 2.75) is 261 Å². The molecule has 0 radical (unpaired) electrons. The van der Waals surface area contributed by atoms with Gasteiger partial charge in [-0.15, -0.1) is 5.06 Å². The summed E-state index contributed by atoms with van der Waals surface area (Å²) in [4.78, 5) is 338. The molecule has 137 heavy (non-hydrogen) atoms. The lowest BCUT2D eigenvalue weighted by Crippen LogP contribution is -2.62. The predicted octanol–water partition coefficient (Wildman–Crippen LogP) is -3.74. The van der Waals surface area contributed by atoms with Gasteiger partial charge in [0, 0.05) is 67.0 Å². The number of esters is 1. The number of aromatic nitrogens is 1. The number of aromatic amines is 1. The number of aliphatic hydroxyl groups is 1. The summed E-state index contributed by atoms with van der Waals surface area (Å²) < 4.78 is 11.3. The highest BCUT2D eigenvalue weighted by Crippen LogP contribution is 2.35. The van der Waals surface area contributed by atoms with Crippen LogP contribution in [0.4, 0.5) is 10.5 Å². The van der Waals surface area contributed by atoms with Crippen molar-refractivity contribution in [2.24, 2.45) is 17.1 Å². The Morgan fingerprint density at radius 1 is 0.591 bits per heavy atom. The molecule has 1 aromatic heterocycles. The van der Waals surface area contributed by atoms with Gasteiger partial charge in [0.2, 0.25) is 82.7 Å². The molecule has 24 N–H and O–H groups in total. The maximum Gasteiger partial charge on any atom is 0.407 e. The summed E-state index contributed by atoms with van der Waals surface area (Å²) in [6.45, 7) is 2.05. The number of Topliss-reactive ketones (excluding diaryl/α,β-unsaturated/α-hetero) is 1. The topological polar surface area (TPSA) is 778 Å². The van der Waals surface area contributed by atoms with E-state index < -0.39 is 303 Å². The van der Waals surface area contributed by atoms with Crippen molar-refractivity contribution in [1.29, 1.82) is 0 Å². The number of H-pyrrole nitrogens is 1. The third kappa shape index (κ3) is 36.4. The standard InChI is InChI=1S/C87H118N18O32/c1-6-7-8-9-10-11-12-26-63(109)96-54(34-47-40-91-52-24-16-14-21-49(47)52)78(126)99-55(36-62(89)108)79(127)101-58(39-71(120)121)80(128)104-73-46(4)135-84(132)59(35-61(107)50-22-13-15-23-51(50)88)102-83(131)72(44(2)33-68(114)115)103-81(129)60(43-106)97-65(111)41-92-75(123)56(37-69(116)117)98-74(122)45(3)94-77(125)57(38-70(118)119)100-76(124)53(95-64(110)42-93-82(73)130)25-19-32-90-86(134)136-48-20-17-18-30-87(5,31-29-48)85(133)137-105-66(112)27-28-67(105)113/h13-17,20-24,40,44-46,48,53-60,72-73,91,106H,6-12,18-19,25-39,41-43,88H2,1-5H3,(H2,89,108)(H,90,134)(H,92,123)(H,93,130)(H,94,125)(H,95,110)(H,96,109)(H,97,111)(H,98,122)(H,99,126)(H,100,124)(H,101,127)(H,102,131)(H,103,129)(H,104,128)(H,114,115)(H,116,117)(H,118,119)(H,120,121)/b20-17+/t44?,45-,46-,48-,53+,54+,55-,56+,57+,58+,59+,60-,72+,73+,87+/m1/s1. The van der Waals surface area contributed by atoms with E-state index in [-0.39, 0.29) is 69.0 Å². The number of primary amides is 1. The number of amides is 17. The Balaban J connectivity index is 1.42. The maximum absolute atomic E-state index is 15.1. The molecule has 3 aliphatic rings. The molecule has 6 rings (SSSR count). The Morgan fingerprint density at radius 3 is 1.79 bits per heavy atom. The normalized spacial score (nSPS) is 22.8. The molecule has 0 saturated carbocycles. The Kier molecular flexibility index (Phi) is 43.9. The van der Waals surface area contributed by atoms with E-state index in [2.05, 4.69) is 70.4 Å². The van der Waals surface area contributed by atoms with Gasteiger partial charge < -0.3 is 131 Å². The van der Waals surface area contributed by atoms with Crippen molar-refractivity contribution in [1.82, 2.24) is 84.5 Å². The first-order valence-corrected chi connectivity index (χ1v) is 44.3. The second kappa shape index (κ2) is 54.4. The summed E-state index contributed by atoms with van der Waals surface area (Å²) in [7, 11) is 0. The van der Waals surface area contributed by atoms with Crippen LogP contribution in [0.2, 0.25) is 0 Å². The maximum atomic E-state index is 15.1. The van der Waals surface area contributed by atoms with E-state index in [1.165, 1.54) is 37.3 Å². The van der Waals surface area contributed by atoms with Gasteiger partial charge in [-0.05, 0) is 101 Å². The van der Waals surface area contributed by atoms with Gasteiger partial charge in [-0.3, -0.25) is 101 Å². The van der Waals surface area contributed by atoms with Gasteiger partial charge in [-0.1, -0.05) is 88.8 Å². The highest BCUT2D eigenvalue weighted by Gasteiger charge is 2.44. The summed E-state index contributed by atoms with van der Waals surface area (Å²) in [5.74, 6) is -33.2. The second-order valence-electron chi connectivity index (χ2n) is 33.4. The number of hydrogen-bond donors (Lipinski definition) is 22. The fraction of sp³-hybridized carbons (Fsp3) is 0.540. The monoisotopic (exact) mass is 1930 g/mol. The largest absolute Gasteiger partial charge is 0.481 e. The molecule has 17 amide bonds. The van der Waals surface area contributed by atoms with E-state index in [9.17, 15) is 126 Å². The minimum Gasteiger partial charge on any atom is -0.481 e. The fourth-order valence-electron chi connectivity index (χ4n) is 14.6. The number of ether oxygens (including phenoxy) is 2. The number of cyclic esters (lactones) is 1. The molecule has 0 spiro atoms. The number of nitrogens with zero attached hydrogens (tertiary/aromatic N) is 1. The van der Waals surface area contributed by atoms with Gasteiger partial charge in [0.1, 0.15) is 78.7 Å². The third-order valence-electron chi connectivity index (χ3n) is 22.2. The number of allylic oxidation sites excluding steroid dienone is 1. The van der Waals surface area contributed by atoms with E-state index in [0.29, 0.717) is 34.4 Å². The Bertz CT molecular complexity index is 4990. The highest BCUT2D eigenvalue weighted by molar-refractivity contribution is 6.06. The number of carbonyl (C=O) groups is 24. The first-order chi connectivity index (χ1) is 64.8. The zero-order chi connectivity index (χ0) is 102. The molecule has 2 aromatic carbocycles. The van der Waals surface area contributed by atoms with Crippen molar-refractivity contribution >= 4 is 159 Å². The molecule has 3 aromatic rings. The fourth-order valence-corrected chi connectivity index (χ4v) is 14.6. The van der Waals surface area contributed by atoms with Gasteiger partial charge in [0.15, 0.2) is 5.78 Å². The minimum atomic E-state index is -2.54. The number of carbonyl (C=O) groups excluding carboxylic acids is 20. The number of rotatable bonds is 39. The van der Waals surface area contributed by atoms with Crippen molar-refractivity contribution in [3.8, 4) is 0 Å². The van der Waals surface area contributed by atoms with E-state index in [1.54, 1.807) is 36.5 Å². The second-order valence-corrected chi connectivity index (χ2v) is 33.4. The van der Waals surface area contributed by atoms with Crippen molar-refractivity contribution < 1.29 is 155 Å². The molecule has 1 unspecified atom stereocenters. The lowest BCUT2D eigenvalue weighted by Gasteiger charge is -2.30. The van der Waals surface area contributed by atoms with Gasteiger partial charge in [-0.2, -0.15) is 0 Å². The number of fused-ring (bicyclic) bond motifs is 1. The van der Waals surface area contributed by atoms with E-state index in [1.807, 2.05) is 16.0 Å². The average molecular weight is 1930 g/mol. The number of nitrogens with one attached hydrogen (secondary N) is 15. The quantitative estimate of drug-likeness (QED) is 0.00652. The first kappa shape index (κ1) is 111. The van der Waals surface area contributed by atoms with Crippen LogP contribution in [-0.4, -0.2) is 283 Å². The minimum absolute atomic E-state index is 0.00412. The number of carboxylic acid groups (broad SMARTS) is 4. The smallest absolute Gasteiger partial charge is 0.407 e. The van der Waals surface area contributed by atoms with Crippen molar-refractivity contribution in [3.63, 3.8) is 0 Å². The van der Waals surface area contributed by atoms with E-state index in [0.717, 1.165) is 52.9 Å². The summed E-state index contributed by atoms with van der Waals surface area (Å²) in [6.07, 6.45) is -2.52. The molecular formula is C87H118N18O32. The van der Waals surface area contributed by atoms with Crippen molar-refractivity contribution in [3.05, 3.63) is 78.0 Å². The molecule has 0 bridgehead atoms. The number of carboxylic acids is 4. The number of alkyl carbamates (subject to hydrolysis) is 1. The molecule has 50 nitrogen and oxygen atoms in total. The van der Waals surface area contributed by atoms with Gasteiger partial charge in [0.05, 0.1) is 57.2 Å². The summed E-state index contributed by atoms with van der Waals surface area (Å²) in [5.41, 5.74) is 11.0. The van der Waals surface area contributed by atoms with Gasteiger partial charge >= 0.3 is 41.9 Å². The molecule has 1 aliphatic carbocycles. The molecule has 3 heterocycles. The zero-order valence-corrected chi connectivity index (χ0v) is 75.9. The number of hydrogen-bond acceptors (Lipinski definition) is 29. The molecule has 2 fully saturated rings. The number of ketones is 1. The lowest BCUT2D eigenvalue weighted by molar-refractivity contribution is -0.205. The molecule has 15 atom stereocenters. The van der Waals surface area contributed by atoms with Crippen LogP contribution >= 0.6 is 0 Å². The lowest BCUT2D eigenvalue weighted by atomic mass is 9.79. The molecule has 748 valence electrons. The third-order valence-corrected chi connectivity index (χ3v) is 22.2. The van der Waals surface area contributed by atoms with Crippen LogP contribution in [-0.2, 0) is 126 Å². The number of anilines is 1. The number of aliphatic carboxylic acids is 4. The summed E-state index contributed by atoms with van der Waals surface area (Å²) in [5, 5.41) is 82.1. The Morgan fingerprint density at radius 2 is 1.16 bits per heavy atom. The van der Waals surface area contributed by atoms with E-state index in [4.69, 9.17) is 25.8 Å². The molecule has 50 heteroatoms. The van der Waals surface area contributed by atoms with Gasteiger partial charge in [-0.25, -0.2) is 14.4 Å².